The molecule has 4 aliphatic heterocycles. The number of halogens is 1. The summed E-state index contributed by atoms with van der Waals surface area (Å²) in [5.74, 6) is -2.27. The summed E-state index contributed by atoms with van der Waals surface area (Å²) in [5, 5.41) is 14.8. The fourth-order valence-corrected chi connectivity index (χ4v) is 11.4. The Morgan fingerprint density at radius 3 is 2.43 bits per heavy atom. The maximum absolute atomic E-state index is 14.3. The number of hydrogen-bond acceptors (Lipinski definition) is 13. The number of likely N-dealkylation sites (N-methyl/N-ethyl adjacent to an activating group) is 1. The normalized spacial score (nSPS) is 28.5. The number of alkyl carbamates (subject to hydrolysis) is 1. The molecular weight excluding hydrogens is 920 g/mol. The van der Waals surface area contributed by atoms with Crippen LogP contribution in [0.15, 0.2) is 48.1 Å². The highest BCUT2D eigenvalue weighted by Gasteiger charge is 2.64. The lowest BCUT2D eigenvalue weighted by Crippen LogP contribution is -2.60. The molecule has 0 saturated carbocycles. The van der Waals surface area contributed by atoms with Gasteiger partial charge in [0.2, 0.25) is 11.8 Å². The number of allylic oxidation sites excluding steroid dienone is 3. The zero-order valence-corrected chi connectivity index (χ0v) is 42.7. The molecule has 368 valence electrons. The van der Waals surface area contributed by atoms with Gasteiger partial charge in [0.25, 0.3) is 11.8 Å². The Morgan fingerprint density at radius 1 is 1.07 bits per heavy atom. The number of fused-ring (bicyclic) bond motifs is 5. The number of carbonyl (C=O) groups is 7. The second-order valence-electron chi connectivity index (χ2n) is 19.2. The molecule has 2 saturated heterocycles. The molecule has 0 spiro atoms. The smallest absolute Gasteiger partial charge is 0.409 e. The van der Waals surface area contributed by atoms with Crippen LogP contribution in [0.1, 0.15) is 111 Å². The molecule has 2 N–H and O–H groups in total. The summed E-state index contributed by atoms with van der Waals surface area (Å²) in [6, 6.07) is 2.81. The fraction of sp³-hybridized carbons (Fsp3) is 0.612. The maximum atomic E-state index is 14.3. The van der Waals surface area contributed by atoms with E-state index in [-0.39, 0.29) is 54.1 Å². The number of rotatable bonds is 16. The van der Waals surface area contributed by atoms with Crippen molar-refractivity contribution in [2.24, 2.45) is 11.8 Å². The number of esters is 1. The molecule has 1 aromatic rings. The molecule has 5 rings (SSSR count). The van der Waals surface area contributed by atoms with Crippen LogP contribution < -0.4 is 10.2 Å². The monoisotopic (exact) mass is 986 g/mol. The molecule has 67 heavy (non-hydrogen) atoms. The van der Waals surface area contributed by atoms with E-state index >= 15 is 0 Å². The summed E-state index contributed by atoms with van der Waals surface area (Å²) in [4.78, 5) is 94.6. The van der Waals surface area contributed by atoms with Crippen molar-refractivity contribution in [1.82, 2.24) is 15.1 Å². The molecule has 2 fully saturated rings. The lowest BCUT2D eigenvalue weighted by molar-refractivity contribution is -0.162. The van der Waals surface area contributed by atoms with Gasteiger partial charge < -0.3 is 29.1 Å². The lowest BCUT2D eigenvalue weighted by atomic mass is 9.82. The van der Waals surface area contributed by atoms with Gasteiger partial charge in [0.1, 0.15) is 35.4 Å². The third-order valence-corrected chi connectivity index (χ3v) is 17.2. The predicted molar refractivity (Wildman–Crippen MR) is 260 cm³/mol. The average Bonchev–Trinajstić information content (AvgIpc) is 3.86. The number of imide groups is 1. The van der Waals surface area contributed by atoms with Crippen LogP contribution >= 0.6 is 33.2 Å². The standard InChI is InChI=1S/C49H67ClN4O11S2/c1-29-14-11-15-31(3)49(62)28-37(63-46(61)51-49)32(4)44-48(8,65-44)38(27-42(59)53(10)36-26-34(24-29)25-30(2)43(36)50)64-45(60)33(5)52(9)39(56)20-21-47(6,7)67-66-23-13-17-35(55)16-12-22-54-40(57)18-19-41(54)58/h11,14-15,18-19,25-26,31-33,37-38,44,62H,12-13,16-17,20-24,27-28H2,1-10H3,(H,51,61)/b15-11+,29-14+. The van der Waals surface area contributed by atoms with Crippen LogP contribution in [0.3, 0.4) is 0 Å². The van der Waals surface area contributed by atoms with E-state index in [4.69, 9.17) is 25.8 Å². The highest BCUT2D eigenvalue weighted by atomic mass is 35.5. The van der Waals surface area contributed by atoms with E-state index in [1.165, 1.54) is 22.0 Å². The van der Waals surface area contributed by atoms with Crippen molar-refractivity contribution in [2.75, 3.05) is 31.3 Å². The van der Waals surface area contributed by atoms with E-state index in [1.54, 1.807) is 49.5 Å². The second-order valence-corrected chi connectivity index (χ2v) is 22.7. The SMILES string of the molecule is C/C1=C\C=C\C(C)C2(O)CC(OC(=O)N2)C(C)C2OC2(C)C(OC(=O)C(C)N(C)C(=O)CCC(C)(C)SSCCCC(=O)CCCN2C(=O)C=CC2=O)CC(=O)N(C)c2cc(cc(C)c2Cl)C1. The van der Waals surface area contributed by atoms with Gasteiger partial charge in [0.15, 0.2) is 0 Å². The molecule has 4 aliphatic rings. The van der Waals surface area contributed by atoms with Crippen molar-refractivity contribution in [3.05, 3.63) is 64.2 Å². The third kappa shape index (κ3) is 13.8. The molecule has 0 aliphatic carbocycles. The number of epoxide rings is 1. The minimum atomic E-state index is -1.63. The topological polar surface area (TPSA) is 192 Å². The van der Waals surface area contributed by atoms with Crippen LogP contribution in [0, 0.1) is 18.8 Å². The Bertz CT molecular complexity index is 2160. The fourth-order valence-electron chi connectivity index (χ4n) is 8.53. The predicted octanol–water partition coefficient (Wildman–Crippen LogP) is 7.43. The van der Waals surface area contributed by atoms with Gasteiger partial charge in [-0.3, -0.25) is 34.2 Å². The van der Waals surface area contributed by atoms with E-state index in [9.17, 15) is 38.7 Å². The van der Waals surface area contributed by atoms with Gasteiger partial charge in [0.05, 0.1) is 23.2 Å². The Morgan fingerprint density at radius 2 is 1.75 bits per heavy atom. The Kier molecular flexibility index (Phi) is 18.1. The summed E-state index contributed by atoms with van der Waals surface area (Å²) >= 11 is 6.82. The van der Waals surface area contributed by atoms with E-state index in [2.05, 4.69) is 5.32 Å². The number of carbonyl (C=O) groups excluding carboxylic acids is 7. The van der Waals surface area contributed by atoms with Crippen molar-refractivity contribution in [1.29, 1.82) is 0 Å². The third-order valence-electron chi connectivity index (χ3n) is 13.3. The molecule has 0 radical (unpaired) electrons. The summed E-state index contributed by atoms with van der Waals surface area (Å²) in [5.41, 5.74) is 0.366. The summed E-state index contributed by atoms with van der Waals surface area (Å²) in [6.45, 7) is 15.1. The first-order chi connectivity index (χ1) is 31.4. The van der Waals surface area contributed by atoms with Gasteiger partial charge in [-0.15, -0.1) is 0 Å². The number of benzene rings is 1. The first-order valence-electron chi connectivity index (χ1n) is 23.0. The average molecular weight is 988 g/mol. The zero-order chi connectivity index (χ0) is 49.6. The Labute approximate surface area is 407 Å². The minimum Gasteiger partial charge on any atom is -0.457 e. The molecule has 15 nitrogen and oxygen atoms in total. The summed E-state index contributed by atoms with van der Waals surface area (Å²) < 4.78 is 17.9. The number of nitrogens with one attached hydrogen (secondary N) is 1. The number of anilines is 1. The zero-order valence-electron chi connectivity index (χ0n) is 40.3. The molecule has 5 amide bonds. The maximum Gasteiger partial charge on any atom is 0.409 e. The number of nitrogens with zero attached hydrogens (tertiary/aromatic N) is 3. The van der Waals surface area contributed by atoms with E-state index < -0.39 is 65.5 Å². The number of aliphatic hydroxyl groups is 1. The number of ketones is 1. The number of hydrogen-bond donors (Lipinski definition) is 2. The largest absolute Gasteiger partial charge is 0.457 e. The van der Waals surface area contributed by atoms with Crippen molar-refractivity contribution >= 4 is 80.4 Å². The van der Waals surface area contributed by atoms with E-state index in [1.807, 2.05) is 71.9 Å². The van der Waals surface area contributed by atoms with Crippen LogP contribution in [-0.2, 0) is 49.4 Å². The summed E-state index contributed by atoms with van der Waals surface area (Å²) in [7, 11) is 6.41. The molecule has 4 bridgehead atoms. The molecular formula is C49H67ClN4O11S2. The van der Waals surface area contributed by atoms with Crippen molar-refractivity contribution < 1.29 is 52.9 Å². The number of aryl methyl sites for hydroxylation is 1. The second kappa shape index (κ2) is 22.5. The molecule has 8 atom stereocenters. The first-order valence-corrected chi connectivity index (χ1v) is 25.7. The van der Waals surface area contributed by atoms with Crippen molar-refractivity contribution in [3.8, 4) is 0 Å². The van der Waals surface area contributed by atoms with Crippen LogP contribution in [0.25, 0.3) is 0 Å². The lowest BCUT2D eigenvalue weighted by Gasteiger charge is -2.41. The van der Waals surface area contributed by atoms with Crippen LogP contribution in [0.5, 0.6) is 0 Å². The highest BCUT2D eigenvalue weighted by Crippen LogP contribution is 2.49. The number of amides is 5. The molecule has 1 aromatic carbocycles. The first kappa shape index (κ1) is 53.8. The van der Waals surface area contributed by atoms with Gasteiger partial charge in [-0.2, -0.15) is 0 Å². The van der Waals surface area contributed by atoms with Crippen LogP contribution in [0.2, 0.25) is 5.02 Å². The van der Waals surface area contributed by atoms with Gasteiger partial charge in [-0.1, -0.05) is 76.9 Å². The van der Waals surface area contributed by atoms with Gasteiger partial charge in [-0.25, -0.2) is 9.59 Å². The van der Waals surface area contributed by atoms with Crippen LogP contribution in [-0.4, -0.2) is 123 Å². The Hall–Kier alpha value is -4.16. The summed E-state index contributed by atoms with van der Waals surface area (Å²) in [6.07, 6.45) is 7.53. The number of Topliss-reactive ketones (excluding diaryl/α,β-unsaturated/α-hetero) is 1. The molecule has 8 unspecified atom stereocenters. The highest BCUT2D eigenvalue weighted by molar-refractivity contribution is 8.77. The molecule has 4 heterocycles. The van der Waals surface area contributed by atoms with Gasteiger partial charge >= 0.3 is 12.1 Å². The van der Waals surface area contributed by atoms with Crippen molar-refractivity contribution in [2.45, 2.75) is 154 Å². The van der Waals surface area contributed by atoms with E-state index in [0.717, 1.165) is 27.4 Å². The van der Waals surface area contributed by atoms with Gasteiger partial charge in [-0.05, 0) is 84.4 Å². The van der Waals surface area contributed by atoms with Crippen molar-refractivity contribution in [3.63, 3.8) is 0 Å². The molecule has 18 heteroatoms. The van der Waals surface area contributed by atoms with E-state index in [0.29, 0.717) is 49.2 Å². The van der Waals surface area contributed by atoms with Crippen LogP contribution in [0.4, 0.5) is 10.5 Å². The Balaban J connectivity index is 1.22. The number of ether oxygens (including phenoxy) is 3. The molecule has 0 aromatic heterocycles. The van der Waals surface area contributed by atoms with Gasteiger partial charge in [0, 0.05) is 80.8 Å². The minimum absolute atomic E-state index is 0.0490. The quantitative estimate of drug-likeness (QED) is 0.0547.